The molecule has 0 spiro atoms. The van der Waals surface area contributed by atoms with Crippen molar-refractivity contribution in [2.45, 2.75) is 12.8 Å². The van der Waals surface area contributed by atoms with Crippen LogP contribution in [0.4, 0.5) is 0 Å². The lowest BCUT2D eigenvalue weighted by Crippen LogP contribution is -2.31. The Morgan fingerprint density at radius 2 is 1.41 bits per heavy atom. The molecule has 1 aromatic heterocycles. The Labute approximate surface area is 203 Å². The van der Waals surface area contributed by atoms with E-state index in [9.17, 15) is 0 Å². The van der Waals surface area contributed by atoms with E-state index in [-0.39, 0.29) is 24.8 Å². The van der Waals surface area contributed by atoms with Gasteiger partial charge < -0.3 is 0 Å². The number of aromatic nitrogens is 1. The van der Waals surface area contributed by atoms with E-state index in [0.717, 1.165) is 38.0 Å². The summed E-state index contributed by atoms with van der Waals surface area (Å²) in [7, 11) is 0. The molecule has 0 unspecified atom stereocenters. The second-order valence-electron chi connectivity index (χ2n) is 7.98. The summed E-state index contributed by atoms with van der Waals surface area (Å²) in [6, 6.07) is 21.7. The van der Waals surface area contributed by atoms with Crippen molar-refractivity contribution in [3.05, 3.63) is 113 Å². The molecule has 0 atom stereocenters. The van der Waals surface area contributed by atoms with Gasteiger partial charge in [-0.15, -0.1) is 24.8 Å². The van der Waals surface area contributed by atoms with E-state index < -0.39 is 0 Å². The van der Waals surface area contributed by atoms with Gasteiger partial charge in [0.15, 0.2) is 0 Å². The molecule has 2 heterocycles. The van der Waals surface area contributed by atoms with Crippen LogP contribution in [0.15, 0.2) is 84.7 Å². The first kappa shape index (κ1) is 24.0. The van der Waals surface area contributed by atoms with Crippen molar-refractivity contribution in [2.24, 2.45) is 0 Å². The van der Waals surface area contributed by atoms with Crippen LogP contribution in [0.2, 0.25) is 0 Å². The molecule has 1 aliphatic carbocycles. The quantitative estimate of drug-likeness (QED) is 0.325. The molecule has 1 aliphatic heterocycles. The topological polar surface area (TPSA) is 16.1 Å². The maximum absolute atomic E-state index is 4.18. The van der Waals surface area contributed by atoms with Crippen molar-refractivity contribution in [3.8, 4) is 0 Å². The molecule has 0 amide bonds. The van der Waals surface area contributed by atoms with Crippen LogP contribution in [0.1, 0.15) is 40.7 Å². The third-order valence-corrected chi connectivity index (χ3v) is 6.07. The third-order valence-electron chi connectivity index (χ3n) is 6.07. The molecule has 4 heteroatoms. The van der Waals surface area contributed by atoms with E-state index in [2.05, 4.69) is 88.8 Å². The Bertz CT molecular complexity index is 1070. The van der Waals surface area contributed by atoms with E-state index >= 15 is 0 Å². The maximum atomic E-state index is 4.18. The standard InChI is InChI=1S/C28H26N2.2ClH/c1-3-11-26-23(9-1)13-14-24-10-2-4-12-27(24)28(26)25-15-19-30(20-16-25)18-6-8-22-7-5-17-29-21-22;;/h1-14,17,21H,15-16,18-20H2;2*1H. The molecule has 1 fully saturated rings. The molecule has 2 aliphatic rings. The fourth-order valence-electron chi connectivity index (χ4n) is 4.51. The van der Waals surface area contributed by atoms with E-state index in [1.165, 1.54) is 27.8 Å². The van der Waals surface area contributed by atoms with Crippen LogP contribution >= 0.6 is 24.8 Å². The predicted molar refractivity (Wildman–Crippen MR) is 141 cm³/mol. The molecule has 2 aromatic carbocycles. The minimum atomic E-state index is 0. The van der Waals surface area contributed by atoms with Crippen LogP contribution < -0.4 is 0 Å². The van der Waals surface area contributed by atoms with Gasteiger partial charge in [0.25, 0.3) is 0 Å². The van der Waals surface area contributed by atoms with Gasteiger partial charge in [-0.3, -0.25) is 9.88 Å². The van der Waals surface area contributed by atoms with Crippen molar-refractivity contribution in [1.29, 1.82) is 0 Å². The third kappa shape index (κ3) is 5.21. The van der Waals surface area contributed by atoms with Crippen molar-refractivity contribution in [1.82, 2.24) is 9.88 Å². The van der Waals surface area contributed by atoms with E-state index in [1.807, 2.05) is 18.5 Å². The number of benzene rings is 2. The van der Waals surface area contributed by atoms with Gasteiger partial charge >= 0.3 is 0 Å². The first-order valence-electron chi connectivity index (χ1n) is 10.8. The number of halogens is 2. The molecule has 164 valence electrons. The van der Waals surface area contributed by atoms with Gasteiger partial charge in [0, 0.05) is 32.0 Å². The summed E-state index contributed by atoms with van der Waals surface area (Å²) >= 11 is 0. The number of hydrogen-bond acceptors (Lipinski definition) is 2. The highest BCUT2D eigenvalue weighted by atomic mass is 35.5. The zero-order valence-electron chi connectivity index (χ0n) is 18.0. The van der Waals surface area contributed by atoms with Gasteiger partial charge in [0.2, 0.25) is 0 Å². The summed E-state index contributed by atoms with van der Waals surface area (Å²) in [5, 5.41) is 0. The number of nitrogens with zero attached hydrogens (tertiary/aromatic N) is 2. The Morgan fingerprint density at radius 1 is 0.781 bits per heavy atom. The van der Waals surface area contributed by atoms with Gasteiger partial charge in [0.05, 0.1) is 0 Å². The van der Waals surface area contributed by atoms with Gasteiger partial charge in [-0.05, 0) is 52.3 Å². The lowest BCUT2D eigenvalue weighted by Gasteiger charge is -2.29. The normalized spacial score (nSPS) is 15.4. The van der Waals surface area contributed by atoms with Crippen LogP contribution in [0.5, 0.6) is 0 Å². The monoisotopic (exact) mass is 462 g/mol. The molecule has 0 radical (unpaired) electrons. The summed E-state index contributed by atoms with van der Waals surface area (Å²) in [6.45, 7) is 3.20. The number of rotatable bonds is 3. The molecule has 0 saturated carbocycles. The Morgan fingerprint density at radius 3 is 2.00 bits per heavy atom. The predicted octanol–water partition coefficient (Wildman–Crippen LogP) is 7.02. The largest absolute Gasteiger partial charge is 0.299 e. The molecule has 0 N–H and O–H groups in total. The molecule has 0 bridgehead atoms. The number of pyridine rings is 1. The number of fused-ring (bicyclic) bond motifs is 2. The smallest absolute Gasteiger partial charge is 0.0340 e. The second-order valence-corrected chi connectivity index (χ2v) is 7.98. The zero-order chi connectivity index (χ0) is 20.2. The van der Waals surface area contributed by atoms with Crippen LogP contribution in [0, 0.1) is 0 Å². The molecule has 1 saturated heterocycles. The van der Waals surface area contributed by atoms with E-state index in [0.29, 0.717) is 0 Å². The average molecular weight is 463 g/mol. The van der Waals surface area contributed by atoms with Gasteiger partial charge in [0.1, 0.15) is 0 Å². The molecule has 2 nitrogen and oxygen atoms in total. The van der Waals surface area contributed by atoms with Gasteiger partial charge in [-0.2, -0.15) is 0 Å². The number of likely N-dealkylation sites (tertiary alicyclic amines) is 1. The summed E-state index contributed by atoms with van der Waals surface area (Å²) in [6.07, 6.45) is 14.9. The highest BCUT2D eigenvalue weighted by molar-refractivity contribution is 5.94. The van der Waals surface area contributed by atoms with Crippen LogP contribution in [0.25, 0.3) is 23.8 Å². The van der Waals surface area contributed by atoms with Crippen molar-refractivity contribution < 1.29 is 0 Å². The minimum absolute atomic E-state index is 0. The van der Waals surface area contributed by atoms with Gasteiger partial charge in [-0.1, -0.05) is 84.5 Å². The maximum Gasteiger partial charge on any atom is 0.0340 e. The summed E-state index contributed by atoms with van der Waals surface area (Å²) in [4.78, 5) is 6.73. The second kappa shape index (κ2) is 11.3. The summed E-state index contributed by atoms with van der Waals surface area (Å²) in [5.74, 6) is 0. The van der Waals surface area contributed by atoms with Crippen LogP contribution in [-0.2, 0) is 0 Å². The van der Waals surface area contributed by atoms with Crippen molar-refractivity contribution >= 4 is 48.6 Å². The highest BCUT2D eigenvalue weighted by Gasteiger charge is 2.21. The molecule has 5 rings (SSSR count). The van der Waals surface area contributed by atoms with Gasteiger partial charge in [-0.25, -0.2) is 0 Å². The fourth-order valence-corrected chi connectivity index (χ4v) is 4.51. The minimum Gasteiger partial charge on any atom is -0.299 e. The lowest BCUT2D eigenvalue weighted by atomic mass is 9.86. The number of hydrogen-bond donors (Lipinski definition) is 0. The number of piperidine rings is 1. The molecular weight excluding hydrogens is 435 g/mol. The van der Waals surface area contributed by atoms with Crippen molar-refractivity contribution in [3.63, 3.8) is 0 Å². The average Bonchev–Trinajstić information content (AvgIpc) is 2.97. The lowest BCUT2D eigenvalue weighted by molar-refractivity contribution is 0.284. The fraction of sp³-hybridized carbons (Fsp3) is 0.179. The van der Waals surface area contributed by atoms with Crippen LogP contribution in [-0.4, -0.2) is 29.5 Å². The zero-order valence-corrected chi connectivity index (χ0v) is 19.6. The summed E-state index contributed by atoms with van der Waals surface area (Å²) in [5.41, 5.74) is 9.59. The van der Waals surface area contributed by atoms with E-state index in [4.69, 9.17) is 0 Å². The summed E-state index contributed by atoms with van der Waals surface area (Å²) < 4.78 is 0. The SMILES string of the molecule is C(=Cc1cccnc1)CN1CCC(=C2c3ccccc3C=Cc3ccccc32)CC1.Cl.Cl. The highest BCUT2D eigenvalue weighted by Crippen LogP contribution is 2.38. The first-order chi connectivity index (χ1) is 14.9. The van der Waals surface area contributed by atoms with Crippen molar-refractivity contribution in [2.75, 3.05) is 19.6 Å². The Hall–Kier alpha value is -2.65. The van der Waals surface area contributed by atoms with E-state index in [1.54, 1.807) is 5.57 Å². The van der Waals surface area contributed by atoms with Crippen LogP contribution in [0.3, 0.4) is 0 Å². The molecular formula is C28H28Cl2N2. The first-order valence-corrected chi connectivity index (χ1v) is 10.8. The Kier molecular flexibility index (Phi) is 8.46. The Balaban J connectivity index is 0.00000144. The molecule has 3 aromatic rings. The molecule has 32 heavy (non-hydrogen) atoms.